The van der Waals surface area contributed by atoms with Gasteiger partial charge in [-0.25, -0.2) is 9.59 Å². The van der Waals surface area contributed by atoms with Gasteiger partial charge >= 0.3 is 12.1 Å². The molecule has 1 amide bonds. The summed E-state index contributed by atoms with van der Waals surface area (Å²) in [5.74, 6) is -0.343. The maximum absolute atomic E-state index is 12.0. The minimum absolute atomic E-state index is 0.0784. The van der Waals surface area contributed by atoms with E-state index in [1.54, 1.807) is 6.07 Å². The van der Waals surface area contributed by atoms with Gasteiger partial charge in [-0.15, -0.1) is 0 Å². The van der Waals surface area contributed by atoms with Gasteiger partial charge in [-0.1, -0.05) is 6.07 Å². The minimum Gasteiger partial charge on any atom is -0.465 e. The van der Waals surface area contributed by atoms with Gasteiger partial charge in [0.25, 0.3) is 0 Å². The summed E-state index contributed by atoms with van der Waals surface area (Å²) in [5.41, 5.74) is 2.15. The van der Waals surface area contributed by atoms with Crippen LogP contribution in [-0.4, -0.2) is 24.8 Å². The molecule has 5 nitrogen and oxygen atoms in total. The molecule has 0 unspecified atom stereocenters. The topological polar surface area (TPSA) is 64.6 Å². The van der Waals surface area contributed by atoms with Crippen LogP contribution in [0.25, 0.3) is 0 Å². The fourth-order valence-corrected chi connectivity index (χ4v) is 2.66. The number of hydrogen-bond acceptors (Lipinski definition) is 4. The molecule has 1 aromatic carbocycles. The van der Waals surface area contributed by atoms with Crippen LogP contribution in [0.3, 0.4) is 0 Å². The second-order valence-electron chi connectivity index (χ2n) is 6.50. The van der Waals surface area contributed by atoms with Gasteiger partial charge in [0.1, 0.15) is 5.60 Å². The van der Waals surface area contributed by atoms with Gasteiger partial charge in [0, 0.05) is 0 Å². The molecule has 5 heteroatoms. The molecule has 0 saturated heterocycles. The highest BCUT2D eigenvalue weighted by molar-refractivity contribution is 5.89. The summed E-state index contributed by atoms with van der Waals surface area (Å²) in [6, 6.07) is 5.40. The molecule has 0 aromatic heterocycles. The Hall–Kier alpha value is -2.04. The van der Waals surface area contributed by atoms with E-state index >= 15 is 0 Å². The monoisotopic (exact) mass is 305 g/mol. The first-order valence-corrected chi connectivity index (χ1v) is 7.51. The summed E-state index contributed by atoms with van der Waals surface area (Å²) in [5, 5.41) is 2.92. The van der Waals surface area contributed by atoms with Crippen molar-refractivity contribution in [2.75, 3.05) is 7.11 Å². The van der Waals surface area contributed by atoms with Crippen LogP contribution in [0.4, 0.5) is 4.79 Å². The number of benzene rings is 1. The Bertz CT molecular complexity index is 575. The largest absolute Gasteiger partial charge is 0.465 e. The first-order chi connectivity index (χ1) is 10.3. The molecule has 1 N–H and O–H groups in total. The maximum atomic E-state index is 12.0. The normalized spacial score (nSPS) is 17.4. The van der Waals surface area contributed by atoms with E-state index in [1.165, 1.54) is 7.11 Å². The maximum Gasteiger partial charge on any atom is 0.408 e. The zero-order chi connectivity index (χ0) is 16.3. The van der Waals surface area contributed by atoms with Crippen molar-refractivity contribution in [2.45, 2.75) is 51.7 Å². The number of alkyl carbamates (subject to hydrolysis) is 1. The summed E-state index contributed by atoms with van der Waals surface area (Å²) in [6.45, 7) is 5.51. The van der Waals surface area contributed by atoms with Crippen molar-refractivity contribution in [3.63, 3.8) is 0 Å². The van der Waals surface area contributed by atoms with Crippen LogP contribution in [-0.2, 0) is 15.9 Å². The Morgan fingerprint density at radius 1 is 1.27 bits per heavy atom. The Morgan fingerprint density at radius 2 is 2.00 bits per heavy atom. The minimum atomic E-state index is -0.518. The van der Waals surface area contributed by atoms with Crippen molar-refractivity contribution in [1.29, 1.82) is 0 Å². The number of methoxy groups -OCH3 is 1. The third-order valence-corrected chi connectivity index (χ3v) is 3.57. The van der Waals surface area contributed by atoms with Gasteiger partial charge in [0.05, 0.1) is 18.7 Å². The first kappa shape index (κ1) is 16.3. The lowest BCUT2D eigenvalue weighted by Crippen LogP contribution is -2.36. The van der Waals surface area contributed by atoms with E-state index in [1.807, 2.05) is 32.9 Å². The van der Waals surface area contributed by atoms with Crippen LogP contribution in [0.5, 0.6) is 0 Å². The number of esters is 1. The third kappa shape index (κ3) is 4.00. The predicted molar refractivity (Wildman–Crippen MR) is 82.8 cm³/mol. The standard InChI is InChI=1S/C17H23NO4/c1-17(2,3)22-16(20)18-14-7-5-6-11-10-12(15(19)21-4)8-9-13(11)14/h8-10,14H,5-7H2,1-4H3,(H,18,20)/t14-/m0/s1. The quantitative estimate of drug-likeness (QED) is 0.851. The van der Waals surface area contributed by atoms with Gasteiger partial charge < -0.3 is 14.8 Å². The highest BCUT2D eigenvalue weighted by Gasteiger charge is 2.25. The molecular formula is C17H23NO4. The second kappa shape index (κ2) is 6.38. The zero-order valence-corrected chi connectivity index (χ0v) is 13.6. The zero-order valence-electron chi connectivity index (χ0n) is 13.6. The lowest BCUT2D eigenvalue weighted by molar-refractivity contribution is 0.0497. The van der Waals surface area contributed by atoms with E-state index in [-0.39, 0.29) is 12.0 Å². The number of hydrogen-bond donors (Lipinski definition) is 1. The van der Waals surface area contributed by atoms with Gasteiger partial charge in [-0.2, -0.15) is 0 Å². The highest BCUT2D eigenvalue weighted by atomic mass is 16.6. The average molecular weight is 305 g/mol. The number of fused-ring (bicyclic) bond motifs is 1. The molecule has 0 radical (unpaired) electrons. The fourth-order valence-electron chi connectivity index (χ4n) is 2.66. The Balaban J connectivity index is 2.15. The lowest BCUT2D eigenvalue weighted by Gasteiger charge is -2.28. The van der Waals surface area contributed by atoms with Gasteiger partial charge in [-0.3, -0.25) is 0 Å². The molecule has 1 aliphatic rings. The number of ether oxygens (including phenoxy) is 2. The van der Waals surface area contributed by atoms with Gasteiger partial charge in [-0.05, 0) is 63.3 Å². The Labute approximate surface area is 131 Å². The van der Waals surface area contributed by atoms with Gasteiger partial charge in [0.2, 0.25) is 0 Å². The summed E-state index contributed by atoms with van der Waals surface area (Å²) in [7, 11) is 1.37. The van der Waals surface area contributed by atoms with E-state index in [4.69, 9.17) is 9.47 Å². The summed E-state index contributed by atoms with van der Waals surface area (Å²) in [4.78, 5) is 23.6. The smallest absolute Gasteiger partial charge is 0.408 e. The number of carbonyl (C=O) groups is 2. The predicted octanol–water partition coefficient (Wildman–Crippen LogP) is 3.38. The van der Waals surface area contributed by atoms with Crippen LogP contribution in [0.15, 0.2) is 18.2 Å². The molecule has 1 aromatic rings. The van der Waals surface area contributed by atoms with E-state index in [9.17, 15) is 9.59 Å². The van der Waals surface area contributed by atoms with Crippen LogP contribution in [0.1, 0.15) is 61.1 Å². The van der Waals surface area contributed by atoms with Crippen LogP contribution >= 0.6 is 0 Å². The molecule has 1 aliphatic carbocycles. The molecule has 0 bridgehead atoms. The van der Waals surface area contributed by atoms with E-state index in [0.717, 1.165) is 30.4 Å². The first-order valence-electron chi connectivity index (χ1n) is 7.51. The van der Waals surface area contributed by atoms with E-state index < -0.39 is 11.7 Å². The van der Waals surface area contributed by atoms with Crippen molar-refractivity contribution >= 4 is 12.1 Å². The van der Waals surface area contributed by atoms with Crippen molar-refractivity contribution in [3.8, 4) is 0 Å². The third-order valence-electron chi connectivity index (χ3n) is 3.57. The molecule has 2 rings (SSSR count). The summed E-state index contributed by atoms with van der Waals surface area (Å²) >= 11 is 0. The number of rotatable bonds is 2. The van der Waals surface area contributed by atoms with Crippen LogP contribution in [0, 0.1) is 0 Å². The highest BCUT2D eigenvalue weighted by Crippen LogP contribution is 2.30. The number of carbonyl (C=O) groups excluding carboxylic acids is 2. The fraction of sp³-hybridized carbons (Fsp3) is 0.529. The molecule has 1 atom stereocenters. The number of nitrogens with one attached hydrogen (secondary N) is 1. The van der Waals surface area contributed by atoms with Crippen molar-refractivity contribution in [3.05, 3.63) is 34.9 Å². The Kier molecular flexibility index (Phi) is 4.74. The number of amides is 1. The van der Waals surface area contributed by atoms with Gasteiger partial charge in [0.15, 0.2) is 0 Å². The average Bonchev–Trinajstić information content (AvgIpc) is 2.44. The van der Waals surface area contributed by atoms with Crippen molar-refractivity contribution in [1.82, 2.24) is 5.32 Å². The lowest BCUT2D eigenvalue weighted by atomic mass is 9.86. The molecule has 22 heavy (non-hydrogen) atoms. The second-order valence-corrected chi connectivity index (χ2v) is 6.50. The SMILES string of the molecule is COC(=O)c1ccc2c(c1)CCC[C@@H]2NC(=O)OC(C)(C)C. The van der Waals surface area contributed by atoms with E-state index in [2.05, 4.69) is 5.32 Å². The van der Waals surface area contributed by atoms with Crippen molar-refractivity contribution in [2.24, 2.45) is 0 Å². The summed E-state index contributed by atoms with van der Waals surface area (Å²) < 4.78 is 10.1. The summed E-state index contributed by atoms with van der Waals surface area (Å²) in [6.07, 6.45) is 2.30. The molecule has 0 spiro atoms. The molecule has 0 heterocycles. The molecular weight excluding hydrogens is 282 g/mol. The van der Waals surface area contributed by atoms with Crippen molar-refractivity contribution < 1.29 is 19.1 Å². The molecule has 0 aliphatic heterocycles. The molecule has 0 fully saturated rings. The van der Waals surface area contributed by atoms with E-state index in [0.29, 0.717) is 5.56 Å². The molecule has 0 saturated carbocycles. The number of aryl methyl sites for hydroxylation is 1. The molecule has 120 valence electrons. The van der Waals surface area contributed by atoms with Crippen LogP contribution in [0.2, 0.25) is 0 Å². The van der Waals surface area contributed by atoms with Crippen LogP contribution < -0.4 is 5.32 Å². The Morgan fingerprint density at radius 3 is 2.64 bits per heavy atom.